The second-order valence-electron chi connectivity index (χ2n) is 8.35. The standard InChI is InChI=1S/C26H24N2O4S/c1-27-33(31)21-8-5-17(6-9-21)18-3-2-4-20(15-18)28-25(30)26(12-13-26)19-7-10-24-22(16-19)23(29)11-14-32-24/h2-10,15-16,27H,11-14H2,1H3,(H,28,30). The number of amides is 1. The largest absolute Gasteiger partial charge is 0.593 e. The van der Waals surface area contributed by atoms with Gasteiger partial charge in [-0.1, -0.05) is 18.2 Å². The molecule has 1 aliphatic carbocycles. The van der Waals surface area contributed by atoms with Crippen molar-refractivity contribution in [2.24, 2.45) is 0 Å². The predicted octanol–water partition coefficient (Wildman–Crippen LogP) is 4.23. The van der Waals surface area contributed by atoms with Crippen LogP contribution >= 0.6 is 0 Å². The molecule has 1 aliphatic heterocycles. The number of anilines is 1. The molecule has 0 spiro atoms. The van der Waals surface area contributed by atoms with Crippen LogP contribution in [0.3, 0.4) is 0 Å². The van der Waals surface area contributed by atoms with E-state index in [0.29, 0.717) is 34.9 Å². The smallest absolute Gasteiger partial charge is 0.235 e. The molecule has 0 saturated heterocycles. The number of benzene rings is 3. The molecule has 5 rings (SSSR count). The molecule has 1 fully saturated rings. The average Bonchev–Trinajstić information content (AvgIpc) is 3.66. The molecule has 1 unspecified atom stereocenters. The highest BCUT2D eigenvalue weighted by atomic mass is 32.2. The molecule has 1 atom stereocenters. The summed E-state index contributed by atoms with van der Waals surface area (Å²) in [6.07, 6.45) is 1.86. The summed E-state index contributed by atoms with van der Waals surface area (Å²) in [5.41, 5.74) is 3.46. The molecule has 2 aliphatic rings. The number of carbonyl (C=O) groups excluding carboxylic acids is 2. The Kier molecular flexibility index (Phi) is 5.70. The lowest BCUT2D eigenvalue weighted by atomic mass is 9.91. The Hall–Kier alpha value is -3.13. The van der Waals surface area contributed by atoms with Crippen molar-refractivity contribution >= 4 is 28.7 Å². The van der Waals surface area contributed by atoms with Gasteiger partial charge < -0.3 is 14.6 Å². The quantitative estimate of drug-likeness (QED) is 0.537. The van der Waals surface area contributed by atoms with Crippen molar-refractivity contribution in [3.8, 4) is 16.9 Å². The Morgan fingerprint density at radius 3 is 2.55 bits per heavy atom. The predicted molar refractivity (Wildman–Crippen MR) is 128 cm³/mol. The zero-order valence-electron chi connectivity index (χ0n) is 18.2. The maximum Gasteiger partial charge on any atom is 0.235 e. The first-order valence-electron chi connectivity index (χ1n) is 10.9. The van der Waals surface area contributed by atoms with Gasteiger partial charge in [0.1, 0.15) is 5.75 Å². The Morgan fingerprint density at radius 1 is 1.03 bits per heavy atom. The van der Waals surface area contributed by atoms with Gasteiger partial charge in [-0.3, -0.25) is 9.59 Å². The van der Waals surface area contributed by atoms with Gasteiger partial charge >= 0.3 is 0 Å². The Morgan fingerprint density at radius 2 is 1.82 bits per heavy atom. The van der Waals surface area contributed by atoms with Crippen LogP contribution in [-0.4, -0.2) is 29.9 Å². The zero-order chi connectivity index (χ0) is 23.0. The van der Waals surface area contributed by atoms with Crippen molar-refractivity contribution in [2.45, 2.75) is 29.6 Å². The van der Waals surface area contributed by atoms with Gasteiger partial charge in [0.05, 0.1) is 28.9 Å². The van der Waals surface area contributed by atoms with Crippen molar-refractivity contribution in [3.05, 3.63) is 77.9 Å². The lowest BCUT2D eigenvalue weighted by Gasteiger charge is -2.21. The summed E-state index contributed by atoms with van der Waals surface area (Å²) in [5, 5.41) is 3.07. The number of hydrogen-bond donors (Lipinski definition) is 2. The second-order valence-corrected chi connectivity index (χ2v) is 9.76. The molecule has 3 aromatic rings. The van der Waals surface area contributed by atoms with Crippen molar-refractivity contribution in [3.63, 3.8) is 0 Å². The molecule has 7 heteroatoms. The van der Waals surface area contributed by atoms with Crippen LogP contribution in [0.25, 0.3) is 11.1 Å². The number of Topliss-reactive ketones (excluding diaryl/α,β-unsaturated/α-hetero) is 1. The number of ketones is 1. The van der Waals surface area contributed by atoms with E-state index in [1.165, 1.54) is 0 Å². The van der Waals surface area contributed by atoms with Gasteiger partial charge in [0.15, 0.2) is 10.7 Å². The van der Waals surface area contributed by atoms with E-state index in [1.807, 2.05) is 60.7 Å². The van der Waals surface area contributed by atoms with E-state index in [1.54, 1.807) is 13.1 Å². The first-order chi connectivity index (χ1) is 16.0. The first kappa shape index (κ1) is 21.7. The van der Waals surface area contributed by atoms with E-state index in [4.69, 9.17) is 4.74 Å². The molecular formula is C26H24N2O4S. The highest BCUT2D eigenvalue weighted by Gasteiger charge is 2.51. The fourth-order valence-corrected chi connectivity index (χ4v) is 4.87. The zero-order valence-corrected chi connectivity index (χ0v) is 19.0. The van der Waals surface area contributed by atoms with Crippen LogP contribution in [-0.2, 0) is 21.6 Å². The summed E-state index contributed by atoms with van der Waals surface area (Å²) < 4.78 is 20.2. The third-order valence-corrected chi connectivity index (χ3v) is 7.38. The van der Waals surface area contributed by atoms with Gasteiger partial charge in [0, 0.05) is 19.2 Å². The van der Waals surface area contributed by atoms with Crippen LogP contribution in [0, 0.1) is 0 Å². The Balaban J connectivity index is 1.35. The molecule has 3 aromatic carbocycles. The summed E-state index contributed by atoms with van der Waals surface area (Å²) >= 11 is -1.23. The van der Waals surface area contributed by atoms with Crippen LogP contribution in [0.1, 0.15) is 35.2 Å². The maximum absolute atomic E-state index is 13.3. The SMILES string of the molecule is CN[S+]([O-])c1ccc(-c2cccc(NC(=O)C3(c4ccc5c(c4)C(=O)CCO5)CC3)c2)cc1. The van der Waals surface area contributed by atoms with Crippen molar-refractivity contribution in [1.29, 1.82) is 0 Å². The van der Waals surface area contributed by atoms with E-state index in [-0.39, 0.29) is 11.7 Å². The highest BCUT2D eigenvalue weighted by molar-refractivity contribution is 7.89. The first-order valence-corrected chi connectivity index (χ1v) is 12.1. The van der Waals surface area contributed by atoms with Gasteiger partial charge in [-0.05, 0) is 78.1 Å². The Labute approximate surface area is 195 Å². The minimum Gasteiger partial charge on any atom is -0.593 e. The van der Waals surface area contributed by atoms with E-state index in [2.05, 4.69) is 10.0 Å². The number of fused-ring (bicyclic) bond motifs is 1. The lowest BCUT2D eigenvalue weighted by Crippen LogP contribution is -2.28. The molecule has 0 aromatic heterocycles. The molecule has 0 bridgehead atoms. The van der Waals surface area contributed by atoms with E-state index in [0.717, 1.165) is 29.5 Å². The minimum absolute atomic E-state index is 0.0616. The summed E-state index contributed by atoms with van der Waals surface area (Å²) in [6, 6.07) is 20.7. The third-order valence-electron chi connectivity index (χ3n) is 6.31. The van der Waals surface area contributed by atoms with Crippen LogP contribution in [0.5, 0.6) is 5.75 Å². The number of carbonyl (C=O) groups is 2. The van der Waals surface area contributed by atoms with Gasteiger partial charge in [-0.15, -0.1) is 4.72 Å². The molecule has 168 valence electrons. The van der Waals surface area contributed by atoms with Crippen LogP contribution in [0.15, 0.2) is 71.6 Å². The maximum atomic E-state index is 13.3. The Bertz CT molecular complexity index is 1220. The van der Waals surface area contributed by atoms with E-state index in [9.17, 15) is 14.1 Å². The number of hydrogen-bond acceptors (Lipinski definition) is 5. The van der Waals surface area contributed by atoms with Crippen LogP contribution in [0.4, 0.5) is 5.69 Å². The summed E-state index contributed by atoms with van der Waals surface area (Å²) in [7, 11) is 1.65. The molecule has 1 saturated carbocycles. The van der Waals surface area contributed by atoms with Gasteiger partial charge in [0.2, 0.25) is 5.91 Å². The van der Waals surface area contributed by atoms with Gasteiger partial charge in [0.25, 0.3) is 0 Å². The van der Waals surface area contributed by atoms with E-state index < -0.39 is 16.8 Å². The highest BCUT2D eigenvalue weighted by Crippen LogP contribution is 2.50. The van der Waals surface area contributed by atoms with Crippen LogP contribution < -0.4 is 14.8 Å². The molecule has 33 heavy (non-hydrogen) atoms. The van der Waals surface area contributed by atoms with E-state index >= 15 is 0 Å². The summed E-state index contributed by atoms with van der Waals surface area (Å²) in [4.78, 5) is 26.3. The lowest BCUT2D eigenvalue weighted by molar-refractivity contribution is -0.118. The summed E-state index contributed by atoms with van der Waals surface area (Å²) in [6.45, 7) is 0.406. The molecule has 1 heterocycles. The number of rotatable bonds is 6. The number of nitrogens with one attached hydrogen (secondary N) is 2. The third kappa shape index (κ3) is 4.15. The molecule has 6 nitrogen and oxygen atoms in total. The molecular weight excluding hydrogens is 436 g/mol. The van der Waals surface area contributed by atoms with Crippen molar-refractivity contribution < 1.29 is 18.9 Å². The second kappa shape index (κ2) is 8.67. The van der Waals surface area contributed by atoms with Gasteiger partial charge in [-0.2, -0.15) is 0 Å². The molecule has 2 N–H and O–H groups in total. The fourth-order valence-electron chi connectivity index (χ4n) is 4.25. The molecule has 1 amide bonds. The minimum atomic E-state index is -1.23. The molecule has 0 radical (unpaired) electrons. The average molecular weight is 461 g/mol. The normalized spacial score (nSPS) is 17.0. The summed E-state index contributed by atoms with van der Waals surface area (Å²) in [5.74, 6) is 0.596. The van der Waals surface area contributed by atoms with Gasteiger partial charge in [-0.25, -0.2) is 0 Å². The van der Waals surface area contributed by atoms with Crippen LogP contribution in [0.2, 0.25) is 0 Å². The van der Waals surface area contributed by atoms with Crippen molar-refractivity contribution in [1.82, 2.24) is 4.72 Å². The fraction of sp³-hybridized carbons (Fsp3) is 0.231. The monoisotopic (exact) mass is 460 g/mol. The van der Waals surface area contributed by atoms with Crippen molar-refractivity contribution in [2.75, 3.05) is 19.0 Å². The topological polar surface area (TPSA) is 90.5 Å². The number of ether oxygens (including phenoxy) is 1.